The van der Waals surface area contributed by atoms with Gasteiger partial charge in [-0.1, -0.05) is 18.2 Å². The van der Waals surface area contributed by atoms with Crippen LogP contribution >= 0.6 is 0 Å². The number of para-hydroxylation sites is 1. The molecule has 1 aliphatic heterocycles. The predicted molar refractivity (Wildman–Crippen MR) is 106 cm³/mol. The molecule has 0 spiro atoms. The molecule has 29 heavy (non-hydrogen) atoms. The average molecular weight is 394 g/mol. The van der Waals surface area contributed by atoms with Gasteiger partial charge in [-0.2, -0.15) is 10.2 Å². The number of hydrogen-bond donors (Lipinski definition) is 0. The van der Waals surface area contributed by atoms with Crippen molar-refractivity contribution in [2.75, 3.05) is 13.1 Å². The molecule has 1 saturated heterocycles. The molecule has 4 rings (SSSR count). The molecule has 0 saturated carbocycles. The number of hydrogen-bond acceptors (Lipinski definition) is 5. The molecule has 0 bridgehead atoms. The Morgan fingerprint density at radius 3 is 2.48 bits per heavy atom. The highest BCUT2D eigenvalue weighted by Crippen LogP contribution is 2.27. The van der Waals surface area contributed by atoms with Crippen molar-refractivity contribution in [3.63, 3.8) is 0 Å². The SMILES string of the molecule is Cn1nc(C(=O)N2CCC[C@H](c3nn(C)c(=O)n3-c3ccccc3)C2)ccc1=O. The summed E-state index contributed by atoms with van der Waals surface area (Å²) in [5.41, 5.74) is 0.505. The highest BCUT2D eigenvalue weighted by Gasteiger charge is 2.30. The molecular formula is C20H22N6O3. The molecule has 9 nitrogen and oxygen atoms in total. The Labute approximate surface area is 166 Å². The fourth-order valence-corrected chi connectivity index (χ4v) is 3.72. The van der Waals surface area contributed by atoms with E-state index in [1.807, 2.05) is 30.3 Å². The molecule has 9 heteroatoms. The third-order valence-corrected chi connectivity index (χ3v) is 5.22. The van der Waals surface area contributed by atoms with Crippen molar-refractivity contribution in [1.29, 1.82) is 0 Å². The van der Waals surface area contributed by atoms with E-state index in [4.69, 9.17) is 0 Å². The van der Waals surface area contributed by atoms with Crippen molar-refractivity contribution in [3.8, 4) is 5.69 Å². The van der Waals surface area contributed by atoms with Gasteiger partial charge in [-0.15, -0.1) is 0 Å². The summed E-state index contributed by atoms with van der Waals surface area (Å²) in [6, 6.07) is 12.2. The first-order valence-electron chi connectivity index (χ1n) is 9.50. The summed E-state index contributed by atoms with van der Waals surface area (Å²) in [5, 5.41) is 8.54. The van der Waals surface area contributed by atoms with E-state index in [0.29, 0.717) is 18.9 Å². The minimum atomic E-state index is -0.265. The van der Waals surface area contributed by atoms with E-state index in [0.717, 1.165) is 23.2 Å². The second kappa shape index (κ2) is 7.50. The number of amides is 1. The molecule has 0 unspecified atom stereocenters. The quantitative estimate of drug-likeness (QED) is 0.651. The molecule has 0 N–H and O–H groups in total. The van der Waals surface area contributed by atoms with Crippen LogP contribution in [0.25, 0.3) is 5.69 Å². The Morgan fingerprint density at radius 2 is 1.76 bits per heavy atom. The molecule has 1 aromatic carbocycles. The van der Waals surface area contributed by atoms with Crippen LogP contribution in [0.15, 0.2) is 52.1 Å². The van der Waals surface area contributed by atoms with Crippen molar-refractivity contribution in [2.24, 2.45) is 14.1 Å². The van der Waals surface area contributed by atoms with Gasteiger partial charge in [0.05, 0.1) is 5.69 Å². The Balaban J connectivity index is 1.65. The van der Waals surface area contributed by atoms with Gasteiger partial charge >= 0.3 is 5.69 Å². The van der Waals surface area contributed by atoms with Gasteiger partial charge in [-0.25, -0.2) is 18.7 Å². The maximum atomic E-state index is 12.9. The van der Waals surface area contributed by atoms with Gasteiger partial charge in [0.2, 0.25) is 0 Å². The van der Waals surface area contributed by atoms with E-state index in [9.17, 15) is 14.4 Å². The smallest absolute Gasteiger partial charge is 0.337 e. The largest absolute Gasteiger partial charge is 0.350 e. The number of carbonyl (C=O) groups excluding carboxylic acids is 1. The highest BCUT2D eigenvalue weighted by molar-refractivity contribution is 5.92. The highest BCUT2D eigenvalue weighted by atomic mass is 16.2. The van der Waals surface area contributed by atoms with Crippen LogP contribution < -0.4 is 11.2 Å². The fraction of sp³-hybridized carbons (Fsp3) is 0.350. The van der Waals surface area contributed by atoms with Crippen LogP contribution in [0.4, 0.5) is 0 Å². The number of aromatic nitrogens is 5. The number of likely N-dealkylation sites (tertiary alicyclic amines) is 1. The Kier molecular flexibility index (Phi) is 4.87. The number of piperidine rings is 1. The molecule has 1 aliphatic rings. The summed E-state index contributed by atoms with van der Waals surface area (Å²) in [4.78, 5) is 38.9. The van der Waals surface area contributed by atoms with Gasteiger partial charge in [0.25, 0.3) is 11.5 Å². The fourth-order valence-electron chi connectivity index (χ4n) is 3.72. The summed E-state index contributed by atoms with van der Waals surface area (Å²) >= 11 is 0. The first kappa shape index (κ1) is 18.9. The number of carbonyl (C=O) groups is 1. The first-order valence-corrected chi connectivity index (χ1v) is 9.50. The zero-order chi connectivity index (χ0) is 20.5. The molecule has 0 aliphatic carbocycles. The van der Waals surface area contributed by atoms with Crippen LogP contribution in [-0.4, -0.2) is 48.0 Å². The van der Waals surface area contributed by atoms with Crippen molar-refractivity contribution in [3.05, 3.63) is 74.8 Å². The molecule has 3 heterocycles. The minimum absolute atomic E-state index is 0.0747. The normalized spacial score (nSPS) is 16.8. The third-order valence-electron chi connectivity index (χ3n) is 5.22. The molecule has 3 aromatic rings. The standard InChI is InChI=1S/C20H22N6O3/c1-23-17(27)11-10-16(21-23)19(28)25-12-6-7-14(13-25)18-22-24(2)20(29)26(18)15-8-4-3-5-9-15/h3-5,8-11,14H,6-7,12-13H2,1-2H3/t14-/m0/s1. The summed E-state index contributed by atoms with van der Waals surface area (Å²) in [6.45, 7) is 1.04. The van der Waals surface area contributed by atoms with Gasteiger partial charge in [0.15, 0.2) is 0 Å². The zero-order valence-electron chi connectivity index (χ0n) is 16.4. The van der Waals surface area contributed by atoms with Gasteiger partial charge in [-0.3, -0.25) is 9.59 Å². The van der Waals surface area contributed by atoms with Crippen LogP contribution in [0.3, 0.4) is 0 Å². The van der Waals surface area contributed by atoms with Gasteiger partial charge in [0, 0.05) is 39.2 Å². The lowest BCUT2D eigenvalue weighted by Crippen LogP contribution is -2.41. The summed E-state index contributed by atoms with van der Waals surface area (Å²) in [5.74, 6) is 0.346. The number of benzene rings is 1. The minimum Gasteiger partial charge on any atom is -0.337 e. The van der Waals surface area contributed by atoms with Gasteiger partial charge in [-0.05, 0) is 31.0 Å². The Morgan fingerprint density at radius 1 is 1.00 bits per heavy atom. The van der Waals surface area contributed by atoms with Gasteiger partial charge in [0.1, 0.15) is 11.5 Å². The summed E-state index contributed by atoms with van der Waals surface area (Å²) in [6.07, 6.45) is 1.62. The van der Waals surface area contributed by atoms with Gasteiger partial charge < -0.3 is 4.90 Å². The van der Waals surface area contributed by atoms with E-state index >= 15 is 0 Å². The lowest BCUT2D eigenvalue weighted by molar-refractivity contribution is 0.0695. The predicted octanol–water partition coefficient (Wildman–Crippen LogP) is 0.684. The number of aryl methyl sites for hydroxylation is 2. The van der Waals surface area contributed by atoms with E-state index in [1.165, 1.54) is 23.9 Å². The maximum absolute atomic E-state index is 12.9. The summed E-state index contributed by atoms with van der Waals surface area (Å²) < 4.78 is 4.10. The van der Waals surface area contributed by atoms with Crippen molar-refractivity contribution in [2.45, 2.75) is 18.8 Å². The van der Waals surface area contributed by atoms with Crippen molar-refractivity contribution in [1.82, 2.24) is 29.0 Å². The third kappa shape index (κ3) is 3.51. The van der Waals surface area contributed by atoms with Crippen LogP contribution in [-0.2, 0) is 14.1 Å². The molecule has 150 valence electrons. The Hall–Kier alpha value is -3.49. The van der Waals surface area contributed by atoms with Crippen LogP contribution in [0, 0.1) is 0 Å². The molecule has 1 fully saturated rings. The first-order chi connectivity index (χ1) is 14.0. The van der Waals surface area contributed by atoms with Crippen molar-refractivity contribution < 1.29 is 4.79 Å². The van der Waals surface area contributed by atoms with Crippen LogP contribution in [0.2, 0.25) is 0 Å². The Bertz CT molecular complexity index is 1160. The van der Waals surface area contributed by atoms with E-state index < -0.39 is 0 Å². The lowest BCUT2D eigenvalue weighted by Gasteiger charge is -2.32. The van der Waals surface area contributed by atoms with E-state index in [1.54, 1.807) is 16.5 Å². The topological polar surface area (TPSA) is 95.0 Å². The van der Waals surface area contributed by atoms with E-state index in [-0.39, 0.29) is 28.8 Å². The molecule has 1 atom stereocenters. The number of rotatable bonds is 3. The van der Waals surface area contributed by atoms with Crippen LogP contribution in [0.1, 0.15) is 35.1 Å². The average Bonchev–Trinajstić information content (AvgIpc) is 3.05. The molecule has 0 radical (unpaired) electrons. The van der Waals surface area contributed by atoms with Crippen molar-refractivity contribution >= 4 is 5.91 Å². The monoisotopic (exact) mass is 394 g/mol. The maximum Gasteiger partial charge on any atom is 0.350 e. The molecule has 1 amide bonds. The second-order valence-corrected chi connectivity index (χ2v) is 7.21. The summed E-state index contributed by atoms with van der Waals surface area (Å²) in [7, 11) is 3.15. The lowest BCUT2D eigenvalue weighted by atomic mass is 9.96. The number of nitrogens with zero attached hydrogens (tertiary/aromatic N) is 6. The second-order valence-electron chi connectivity index (χ2n) is 7.21. The van der Waals surface area contributed by atoms with Crippen LogP contribution in [0.5, 0.6) is 0 Å². The molecular weight excluding hydrogens is 372 g/mol. The zero-order valence-corrected chi connectivity index (χ0v) is 16.4. The molecule has 2 aromatic heterocycles. The van der Waals surface area contributed by atoms with E-state index in [2.05, 4.69) is 10.2 Å².